The van der Waals surface area contributed by atoms with Gasteiger partial charge in [-0.15, -0.1) is 9.24 Å². The third kappa shape index (κ3) is 6.15. The molecule has 1 unspecified atom stereocenters. The molecule has 0 heterocycles. The van der Waals surface area contributed by atoms with Crippen LogP contribution >= 0.6 is 20.8 Å². The summed E-state index contributed by atoms with van der Waals surface area (Å²) in [5, 5.41) is 1.31. The maximum Gasteiger partial charge on any atom is 0 e. The minimum absolute atomic E-state index is 0. The Hall–Kier alpha value is 0.602. The average molecular weight is 322 g/mol. The van der Waals surface area contributed by atoms with E-state index in [2.05, 4.69) is 59.3 Å². The van der Waals surface area contributed by atoms with E-state index >= 15 is 0 Å². The monoisotopic (exact) mass is 321 g/mol. The molecule has 1 aromatic rings. The van der Waals surface area contributed by atoms with E-state index in [1.165, 1.54) is 16.4 Å². The fourth-order valence-corrected chi connectivity index (χ4v) is 1.63. The van der Waals surface area contributed by atoms with Crippen LogP contribution in [0.2, 0.25) is 0 Å². The number of hydrogen-bond acceptors (Lipinski definition) is 0. The molecule has 0 aliphatic carbocycles. The molecular formula is C11H17ClPPd-. The predicted molar refractivity (Wildman–Crippen MR) is 65.8 cm³/mol. The number of benzene rings is 1. The molecular weight excluding hydrogens is 305 g/mol. The molecule has 0 amide bonds. The quantitative estimate of drug-likeness (QED) is 0.445. The third-order valence-electron chi connectivity index (χ3n) is 1.89. The van der Waals surface area contributed by atoms with Crippen LogP contribution in [0.5, 0.6) is 0 Å². The molecule has 1 rings (SSSR count). The SMILES string of the molecule is CCc1cc(P)cc(CC)c1.[CH2-]Cl.[Pd]. The average Bonchev–Trinajstić information content (AvgIpc) is 2.20. The van der Waals surface area contributed by atoms with Gasteiger partial charge in [0.15, 0.2) is 0 Å². The Morgan fingerprint density at radius 1 is 1.07 bits per heavy atom. The molecule has 84 valence electrons. The third-order valence-corrected chi connectivity index (χ3v) is 2.22. The smallest absolute Gasteiger partial charge is 0 e. The van der Waals surface area contributed by atoms with E-state index in [1.54, 1.807) is 0 Å². The zero-order valence-electron chi connectivity index (χ0n) is 8.62. The van der Waals surface area contributed by atoms with Crippen LogP contribution in [0.25, 0.3) is 0 Å². The molecule has 0 nitrogen and oxygen atoms in total. The van der Waals surface area contributed by atoms with Crippen LogP contribution in [0, 0.1) is 6.38 Å². The molecule has 0 N–H and O–H groups in total. The standard InChI is InChI=1S/C10H15P.CH2Cl.Pd/c1-3-8-5-9(4-2)7-10(11)6-8;1-2;/h5-7H,3-4,11H2,1-2H3;1H2;/q;-1;. The van der Waals surface area contributed by atoms with E-state index in [1.807, 2.05) is 0 Å². The van der Waals surface area contributed by atoms with Crippen molar-refractivity contribution in [2.24, 2.45) is 0 Å². The Labute approximate surface area is 109 Å². The van der Waals surface area contributed by atoms with Gasteiger partial charge >= 0.3 is 0 Å². The molecule has 0 saturated carbocycles. The number of hydrogen-bond donors (Lipinski definition) is 0. The van der Waals surface area contributed by atoms with Crippen molar-refractivity contribution in [2.45, 2.75) is 26.7 Å². The van der Waals surface area contributed by atoms with Gasteiger partial charge in [0.1, 0.15) is 0 Å². The Morgan fingerprint density at radius 3 is 1.71 bits per heavy atom. The van der Waals surface area contributed by atoms with Crippen molar-refractivity contribution >= 4 is 26.1 Å². The molecule has 0 saturated heterocycles. The van der Waals surface area contributed by atoms with Crippen molar-refractivity contribution in [3.8, 4) is 0 Å². The number of rotatable bonds is 2. The van der Waals surface area contributed by atoms with E-state index in [0.29, 0.717) is 0 Å². The van der Waals surface area contributed by atoms with Crippen LogP contribution in [0.3, 0.4) is 0 Å². The fourth-order valence-electron chi connectivity index (χ4n) is 1.20. The first-order valence-electron chi connectivity index (χ1n) is 4.41. The van der Waals surface area contributed by atoms with E-state index in [-0.39, 0.29) is 20.4 Å². The summed E-state index contributed by atoms with van der Waals surface area (Å²) in [7, 11) is 2.76. The minimum atomic E-state index is 0. The van der Waals surface area contributed by atoms with Gasteiger partial charge in [-0.25, -0.2) is 0 Å². The van der Waals surface area contributed by atoms with Gasteiger partial charge in [0.05, 0.1) is 0 Å². The molecule has 0 bridgehead atoms. The second-order valence-corrected chi connectivity index (χ2v) is 3.46. The van der Waals surface area contributed by atoms with Crippen LogP contribution in [-0.4, -0.2) is 0 Å². The maximum absolute atomic E-state index is 4.39. The molecule has 1 aromatic carbocycles. The van der Waals surface area contributed by atoms with E-state index in [9.17, 15) is 0 Å². The summed E-state index contributed by atoms with van der Waals surface area (Å²) in [6, 6.07) is 6.74. The number of aryl methyl sites for hydroxylation is 2. The fraction of sp³-hybridized carbons (Fsp3) is 0.364. The van der Waals surface area contributed by atoms with Crippen LogP contribution in [0.1, 0.15) is 25.0 Å². The summed E-state index contributed by atoms with van der Waals surface area (Å²) >= 11 is 4.39. The van der Waals surface area contributed by atoms with Gasteiger partial charge in [0, 0.05) is 20.4 Å². The van der Waals surface area contributed by atoms with E-state index < -0.39 is 0 Å². The van der Waals surface area contributed by atoms with Gasteiger partial charge in [-0.3, -0.25) is 6.38 Å². The largest absolute Gasteiger partial charge is 0.352 e. The van der Waals surface area contributed by atoms with Gasteiger partial charge in [0.2, 0.25) is 0 Å². The zero-order valence-corrected chi connectivity index (χ0v) is 12.1. The van der Waals surface area contributed by atoms with Crippen molar-refractivity contribution in [3.63, 3.8) is 0 Å². The van der Waals surface area contributed by atoms with Crippen molar-refractivity contribution in [1.29, 1.82) is 0 Å². The molecule has 1 atom stereocenters. The summed E-state index contributed by atoms with van der Waals surface area (Å²) in [6.45, 7) is 4.39. The zero-order chi connectivity index (χ0) is 10.3. The van der Waals surface area contributed by atoms with E-state index in [0.717, 1.165) is 12.8 Å². The molecule has 0 spiro atoms. The summed E-state index contributed by atoms with van der Waals surface area (Å²) in [5.74, 6) is 0. The van der Waals surface area contributed by atoms with Crippen molar-refractivity contribution < 1.29 is 20.4 Å². The Bertz CT molecular complexity index is 229. The Balaban J connectivity index is 0. The molecule has 0 radical (unpaired) electrons. The van der Waals surface area contributed by atoms with Gasteiger partial charge in [-0.05, 0) is 29.3 Å². The second kappa shape index (κ2) is 10.1. The van der Waals surface area contributed by atoms with Crippen molar-refractivity contribution in [1.82, 2.24) is 0 Å². The molecule has 3 heteroatoms. The molecule has 0 aliphatic heterocycles. The maximum atomic E-state index is 4.39. The topological polar surface area (TPSA) is 0 Å². The van der Waals surface area contributed by atoms with Crippen LogP contribution < -0.4 is 5.30 Å². The first-order valence-corrected chi connectivity index (χ1v) is 5.52. The number of halogens is 1. The minimum Gasteiger partial charge on any atom is -0.352 e. The summed E-state index contributed by atoms with van der Waals surface area (Å²) in [6.07, 6.45) is 4.99. The van der Waals surface area contributed by atoms with Crippen LogP contribution in [0.15, 0.2) is 18.2 Å². The predicted octanol–water partition coefficient (Wildman–Crippen LogP) is 3.33. The second-order valence-electron chi connectivity index (χ2n) is 2.79. The van der Waals surface area contributed by atoms with Crippen molar-refractivity contribution in [3.05, 3.63) is 35.7 Å². The van der Waals surface area contributed by atoms with Gasteiger partial charge < -0.3 is 11.6 Å². The summed E-state index contributed by atoms with van der Waals surface area (Å²) in [4.78, 5) is 0. The van der Waals surface area contributed by atoms with Gasteiger partial charge in [-0.1, -0.05) is 32.0 Å². The first kappa shape index (κ1) is 17.0. The summed E-state index contributed by atoms with van der Waals surface area (Å²) in [5.41, 5.74) is 2.88. The summed E-state index contributed by atoms with van der Waals surface area (Å²) < 4.78 is 0. The van der Waals surface area contributed by atoms with Gasteiger partial charge in [0.25, 0.3) is 0 Å². The van der Waals surface area contributed by atoms with Gasteiger partial charge in [-0.2, -0.15) is 0 Å². The normalized spacial score (nSPS) is 8.36. The Kier molecular flexibility index (Phi) is 12.3. The molecule has 0 aliphatic rings. The van der Waals surface area contributed by atoms with Crippen LogP contribution in [0.4, 0.5) is 0 Å². The van der Waals surface area contributed by atoms with Crippen molar-refractivity contribution in [2.75, 3.05) is 0 Å². The van der Waals surface area contributed by atoms with E-state index in [4.69, 9.17) is 0 Å². The van der Waals surface area contributed by atoms with Crippen LogP contribution in [-0.2, 0) is 33.3 Å². The Morgan fingerprint density at radius 2 is 1.43 bits per heavy atom. The first-order chi connectivity index (χ1) is 6.26. The molecule has 14 heavy (non-hydrogen) atoms. The molecule has 0 fully saturated rings. The molecule has 0 aromatic heterocycles.